The Kier molecular flexibility index (Phi) is 8.36. The SMILES string of the molecule is COc1ccc(C(=NC2CCCCC2)N2CCCc3cc(C4=NN(C(=O)C(C)C)C(=O)SC4(C)C)ccc32)cc1. The quantitative estimate of drug-likeness (QED) is 0.289. The third-order valence-corrected chi connectivity index (χ3v) is 8.99. The molecule has 1 fully saturated rings. The highest BCUT2D eigenvalue weighted by atomic mass is 32.2. The highest BCUT2D eigenvalue weighted by molar-refractivity contribution is 8.15. The molecule has 40 heavy (non-hydrogen) atoms. The van der Waals surface area contributed by atoms with E-state index < -0.39 is 4.75 Å². The van der Waals surface area contributed by atoms with Gasteiger partial charge in [0, 0.05) is 23.7 Å². The summed E-state index contributed by atoms with van der Waals surface area (Å²) in [5.41, 5.74) is 5.18. The van der Waals surface area contributed by atoms with Gasteiger partial charge < -0.3 is 9.64 Å². The number of rotatable bonds is 5. The number of hydrogen-bond acceptors (Lipinski definition) is 6. The lowest BCUT2D eigenvalue weighted by molar-refractivity contribution is -0.131. The molecule has 0 spiro atoms. The normalized spacial score (nSPS) is 19.9. The van der Waals surface area contributed by atoms with Crippen LogP contribution in [0.2, 0.25) is 0 Å². The number of carbonyl (C=O) groups excluding carboxylic acids is 2. The van der Waals surface area contributed by atoms with Gasteiger partial charge in [-0.2, -0.15) is 10.1 Å². The molecule has 0 unspecified atom stereocenters. The monoisotopic (exact) mass is 560 g/mol. The minimum atomic E-state index is -0.551. The number of amidine groups is 1. The van der Waals surface area contributed by atoms with Crippen molar-refractivity contribution >= 4 is 40.1 Å². The molecule has 5 rings (SSSR count). The first-order valence-corrected chi connectivity index (χ1v) is 15.3. The highest BCUT2D eigenvalue weighted by Gasteiger charge is 2.40. The van der Waals surface area contributed by atoms with E-state index in [0.29, 0.717) is 6.04 Å². The van der Waals surface area contributed by atoms with Crippen LogP contribution in [0.25, 0.3) is 0 Å². The number of ether oxygens (including phenoxy) is 1. The van der Waals surface area contributed by atoms with Gasteiger partial charge in [-0.25, -0.2) is 0 Å². The van der Waals surface area contributed by atoms with Gasteiger partial charge >= 0.3 is 5.24 Å². The first-order chi connectivity index (χ1) is 19.2. The molecule has 7 nitrogen and oxygen atoms in total. The molecule has 1 aliphatic carbocycles. The van der Waals surface area contributed by atoms with Gasteiger partial charge in [0.1, 0.15) is 11.6 Å². The third-order valence-electron chi connectivity index (χ3n) is 7.94. The van der Waals surface area contributed by atoms with Crippen molar-refractivity contribution in [3.63, 3.8) is 0 Å². The largest absolute Gasteiger partial charge is 0.497 e. The molecule has 1 saturated carbocycles. The number of hydrogen-bond donors (Lipinski definition) is 0. The zero-order valence-corrected chi connectivity index (χ0v) is 25.1. The van der Waals surface area contributed by atoms with Gasteiger partial charge in [0.25, 0.3) is 5.91 Å². The van der Waals surface area contributed by atoms with Crippen LogP contribution in [0.15, 0.2) is 52.6 Å². The second-order valence-electron chi connectivity index (χ2n) is 11.7. The van der Waals surface area contributed by atoms with Gasteiger partial charge in [0.15, 0.2) is 0 Å². The second-order valence-corrected chi connectivity index (χ2v) is 13.3. The summed E-state index contributed by atoms with van der Waals surface area (Å²) < 4.78 is 4.87. The maximum absolute atomic E-state index is 12.8. The summed E-state index contributed by atoms with van der Waals surface area (Å²) in [6.07, 6.45) is 8.00. The van der Waals surface area contributed by atoms with Gasteiger partial charge in [0.2, 0.25) is 0 Å². The Balaban J connectivity index is 1.54. The topological polar surface area (TPSA) is 74.6 Å². The molecule has 2 aliphatic heterocycles. The van der Waals surface area contributed by atoms with Crippen LogP contribution in [0.5, 0.6) is 5.75 Å². The van der Waals surface area contributed by atoms with Crippen molar-refractivity contribution in [2.75, 3.05) is 18.6 Å². The molecule has 0 aromatic heterocycles. The minimum absolute atomic E-state index is 0.280. The number of carbonyl (C=O) groups is 2. The number of benzene rings is 2. The molecule has 212 valence electrons. The lowest BCUT2D eigenvalue weighted by atomic mass is 9.92. The number of nitrogens with zero attached hydrogens (tertiary/aromatic N) is 4. The van der Waals surface area contributed by atoms with Crippen molar-refractivity contribution in [2.24, 2.45) is 16.0 Å². The van der Waals surface area contributed by atoms with E-state index in [4.69, 9.17) is 9.73 Å². The molecule has 0 N–H and O–H groups in total. The summed E-state index contributed by atoms with van der Waals surface area (Å²) in [7, 11) is 1.69. The number of fused-ring (bicyclic) bond motifs is 1. The lowest BCUT2D eigenvalue weighted by Gasteiger charge is -2.36. The summed E-state index contributed by atoms with van der Waals surface area (Å²) in [6.45, 7) is 8.47. The maximum atomic E-state index is 12.8. The van der Waals surface area contributed by atoms with E-state index in [1.165, 1.54) is 24.8 Å². The number of anilines is 1. The van der Waals surface area contributed by atoms with E-state index in [0.717, 1.165) is 83.1 Å². The standard InChI is InChI=1S/C32H40N4O3S/c1-21(2)30(37)36-31(38)40-32(3,4)28(34-36)24-15-18-27-23(20-24)10-9-19-35(27)29(33-25-11-7-6-8-12-25)22-13-16-26(39-5)17-14-22/h13-18,20-21,25H,6-12,19H2,1-5H3. The van der Waals surface area contributed by atoms with Crippen molar-refractivity contribution in [3.05, 3.63) is 59.2 Å². The molecule has 3 aliphatic rings. The maximum Gasteiger partial charge on any atom is 0.310 e. The highest BCUT2D eigenvalue weighted by Crippen LogP contribution is 2.38. The fraction of sp³-hybridized carbons (Fsp3) is 0.500. The molecule has 0 atom stereocenters. The number of imide groups is 1. The molecule has 2 heterocycles. The lowest BCUT2D eigenvalue weighted by Crippen LogP contribution is -2.44. The van der Waals surface area contributed by atoms with Crippen LogP contribution in [0.1, 0.15) is 82.9 Å². The molecule has 0 saturated heterocycles. The predicted octanol–water partition coefficient (Wildman–Crippen LogP) is 7.06. The van der Waals surface area contributed by atoms with Gasteiger partial charge in [-0.05, 0) is 98.8 Å². The Morgan fingerprint density at radius 2 is 1.80 bits per heavy atom. The summed E-state index contributed by atoms with van der Waals surface area (Å²) in [4.78, 5) is 33.2. The van der Waals surface area contributed by atoms with Crippen LogP contribution < -0.4 is 9.64 Å². The zero-order chi connectivity index (χ0) is 28.4. The summed E-state index contributed by atoms with van der Waals surface area (Å²) in [5, 5.41) is 5.37. The molecule has 8 heteroatoms. The molecule has 2 aromatic rings. The second kappa shape index (κ2) is 11.8. The smallest absolute Gasteiger partial charge is 0.310 e. The van der Waals surface area contributed by atoms with E-state index >= 15 is 0 Å². The van der Waals surface area contributed by atoms with E-state index in [1.54, 1.807) is 21.0 Å². The fourth-order valence-electron chi connectivity index (χ4n) is 5.75. The van der Waals surface area contributed by atoms with Crippen molar-refractivity contribution < 1.29 is 14.3 Å². The average Bonchev–Trinajstić information content (AvgIpc) is 2.95. The first-order valence-electron chi connectivity index (χ1n) is 14.5. The van der Waals surface area contributed by atoms with Crippen LogP contribution in [-0.2, 0) is 11.2 Å². The molecule has 2 amide bonds. The van der Waals surface area contributed by atoms with E-state index in [2.05, 4.69) is 40.3 Å². The van der Waals surface area contributed by atoms with Crippen LogP contribution in [0, 0.1) is 5.92 Å². The van der Waals surface area contributed by atoms with E-state index in [1.807, 2.05) is 26.0 Å². The molecular formula is C32H40N4O3S. The molecule has 0 radical (unpaired) electrons. The number of hydrazone groups is 1. The number of amides is 2. The summed E-state index contributed by atoms with van der Waals surface area (Å²) in [6, 6.07) is 15.0. The Labute approximate surface area is 242 Å². The van der Waals surface area contributed by atoms with Gasteiger partial charge in [-0.15, -0.1) is 0 Å². The van der Waals surface area contributed by atoms with E-state index in [9.17, 15) is 9.59 Å². The van der Waals surface area contributed by atoms with Crippen molar-refractivity contribution in [1.29, 1.82) is 0 Å². The first kappa shape index (κ1) is 28.4. The Bertz CT molecular complexity index is 1330. The van der Waals surface area contributed by atoms with Gasteiger partial charge in [-0.1, -0.05) is 39.2 Å². The Morgan fingerprint density at radius 3 is 2.48 bits per heavy atom. The zero-order valence-electron chi connectivity index (χ0n) is 24.3. The number of aliphatic imine (C=N–C) groups is 1. The number of thioether (sulfide) groups is 1. The predicted molar refractivity (Wildman–Crippen MR) is 164 cm³/mol. The number of methoxy groups -OCH3 is 1. The van der Waals surface area contributed by atoms with Crippen molar-refractivity contribution in [3.8, 4) is 5.75 Å². The van der Waals surface area contributed by atoms with Gasteiger partial charge in [0.05, 0.1) is 23.6 Å². The van der Waals surface area contributed by atoms with Crippen LogP contribution >= 0.6 is 11.8 Å². The van der Waals surface area contributed by atoms with Crippen LogP contribution in [0.3, 0.4) is 0 Å². The van der Waals surface area contributed by atoms with Crippen LogP contribution in [0.4, 0.5) is 10.5 Å². The summed E-state index contributed by atoms with van der Waals surface area (Å²) in [5.74, 6) is 1.26. The fourth-order valence-corrected chi connectivity index (χ4v) is 6.66. The molecule has 2 aromatic carbocycles. The van der Waals surface area contributed by atoms with Gasteiger partial charge in [-0.3, -0.25) is 14.6 Å². The summed E-state index contributed by atoms with van der Waals surface area (Å²) >= 11 is 1.16. The van der Waals surface area contributed by atoms with Crippen molar-refractivity contribution in [1.82, 2.24) is 5.01 Å². The van der Waals surface area contributed by atoms with Crippen LogP contribution in [-0.4, -0.2) is 52.1 Å². The minimum Gasteiger partial charge on any atom is -0.497 e. The molecule has 0 bridgehead atoms. The Hall–Kier alpha value is -3.13. The number of aryl methyl sites for hydroxylation is 1. The average molecular weight is 561 g/mol. The third kappa shape index (κ3) is 5.82. The molecular weight excluding hydrogens is 520 g/mol. The van der Waals surface area contributed by atoms with Crippen molar-refractivity contribution in [2.45, 2.75) is 83.4 Å². The Morgan fingerprint density at radius 1 is 1.07 bits per heavy atom. The van der Waals surface area contributed by atoms with E-state index in [-0.39, 0.29) is 17.1 Å².